The summed E-state index contributed by atoms with van der Waals surface area (Å²) in [7, 11) is 0. The number of fused-ring (bicyclic) bond motifs is 1. The molecule has 5 nitrogen and oxygen atoms in total. The number of rotatable bonds is 5. The van der Waals surface area contributed by atoms with E-state index in [9.17, 15) is 0 Å². The minimum absolute atomic E-state index is 0.102. The maximum atomic E-state index is 4.76. The van der Waals surface area contributed by atoms with Gasteiger partial charge in [-0.25, -0.2) is 4.98 Å². The summed E-state index contributed by atoms with van der Waals surface area (Å²) in [5.41, 5.74) is 4.58. The summed E-state index contributed by atoms with van der Waals surface area (Å²) in [6.45, 7) is 6.62. The second kappa shape index (κ2) is 7.27. The van der Waals surface area contributed by atoms with Crippen molar-refractivity contribution in [3.63, 3.8) is 0 Å². The predicted molar refractivity (Wildman–Crippen MR) is 107 cm³/mol. The zero-order chi connectivity index (χ0) is 18.8. The lowest BCUT2D eigenvalue weighted by atomic mass is 9.96. The highest BCUT2D eigenvalue weighted by atomic mass is 15.3. The van der Waals surface area contributed by atoms with Crippen LogP contribution in [-0.2, 0) is 6.42 Å². The van der Waals surface area contributed by atoms with E-state index >= 15 is 0 Å². The van der Waals surface area contributed by atoms with E-state index in [1.807, 2.05) is 22.7 Å². The number of hydrogen-bond acceptors (Lipinski definition) is 4. The second-order valence-corrected chi connectivity index (χ2v) is 7.31. The molecule has 0 radical (unpaired) electrons. The van der Waals surface area contributed by atoms with Crippen LogP contribution in [0, 0.1) is 5.92 Å². The third-order valence-electron chi connectivity index (χ3n) is 4.74. The smallest absolute Gasteiger partial charge is 0.252 e. The lowest BCUT2D eigenvalue weighted by molar-refractivity contribution is 0.647. The van der Waals surface area contributed by atoms with Crippen LogP contribution < -0.4 is 0 Å². The Bertz CT molecular complexity index is 1040. The molecule has 4 rings (SSSR count). The van der Waals surface area contributed by atoms with Gasteiger partial charge in [0, 0.05) is 30.1 Å². The number of pyridine rings is 1. The van der Waals surface area contributed by atoms with Crippen molar-refractivity contribution < 1.29 is 0 Å². The maximum absolute atomic E-state index is 4.76. The Hall–Kier alpha value is -3.08. The van der Waals surface area contributed by atoms with E-state index < -0.39 is 0 Å². The lowest BCUT2D eigenvalue weighted by Gasteiger charge is -2.10. The predicted octanol–water partition coefficient (Wildman–Crippen LogP) is 4.54. The molecule has 5 heteroatoms. The van der Waals surface area contributed by atoms with Crippen molar-refractivity contribution in [2.45, 2.75) is 33.1 Å². The molecule has 0 aliphatic carbocycles. The van der Waals surface area contributed by atoms with Crippen LogP contribution in [0.5, 0.6) is 0 Å². The van der Waals surface area contributed by atoms with Crippen LogP contribution in [0.1, 0.15) is 43.6 Å². The molecule has 27 heavy (non-hydrogen) atoms. The molecule has 0 N–H and O–H groups in total. The van der Waals surface area contributed by atoms with Gasteiger partial charge in [0.2, 0.25) is 0 Å². The molecule has 0 spiro atoms. The fourth-order valence-electron chi connectivity index (χ4n) is 3.30. The van der Waals surface area contributed by atoms with Crippen molar-refractivity contribution in [1.29, 1.82) is 0 Å². The van der Waals surface area contributed by atoms with Crippen LogP contribution in [0.3, 0.4) is 0 Å². The Morgan fingerprint density at radius 3 is 2.33 bits per heavy atom. The quantitative estimate of drug-likeness (QED) is 0.526. The number of hydrogen-bond donors (Lipinski definition) is 0. The van der Waals surface area contributed by atoms with Gasteiger partial charge in [0.25, 0.3) is 5.78 Å². The second-order valence-electron chi connectivity index (χ2n) is 7.31. The summed E-state index contributed by atoms with van der Waals surface area (Å²) in [5.74, 6) is 2.15. The molecule has 0 aliphatic rings. The standard InChI is InChI=1S/C22H23N5/c1-15(2)14-17-4-6-18(7-5-17)16(3)21-25-22-24-13-10-20(27(22)26-21)19-8-11-23-12-9-19/h4-13,15-16H,14H2,1-3H3/t16-/m0/s1. The molecule has 0 saturated heterocycles. The first-order chi connectivity index (χ1) is 13.1. The molecule has 1 aromatic carbocycles. The summed E-state index contributed by atoms with van der Waals surface area (Å²) < 4.78 is 1.81. The third kappa shape index (κ3) is 3.58. The first kappa shape index (κ1) is 17.3. The fourth-order valence-corrected chi connectivity index (χ4v) is 3.30. The molecule has 0 amide bonds. The van der Waals surface area contributed by atoms with Crippen molar-refractivity contribution >= 4 is 5.78 Å². The molecule has 1 atom stereocenters. The van der Waals surface area contributed by atoms with Crippen molar-refractivity contribution in [3.8, 4) is 11.3 Å². The van der Waals surface area contributed by atoms with Crippen LogP contribution in [0.4, 0.5) is 0 Å². The lowest BCUT2D eigenvalue weighted by Crippen LogP contribution is -2.01. The van der Waals surface area contributed by atoms with Crippen molar-refractivity contribution in [2.24, 2.45) is 5.92 Å². The minimum Gasteiger partial charge on any atom is -0.265 e. The molecule has 0 fully saturated rings. The van der Waals surface area contributed by atoms with Gasteiger partial charge in [0.05, 0.1) is 5.69 Å². The zero-order valence-corrected chi connectivity index (χ0v) is 15.9. The molecular weight excluding hydrogens is 334 g/mol. The number of benzene rings is 1. The van der Waals surface area contributed by atoms with Crippen molar-refractivity contribution in [1.82, 2.24) is 24.6 Å². The van der Waals surface area contributed by atoms with Crippen LogP contribution >= 0.6 is 0 Å². The van der Waals surface area contributed by atoms with Crippen LogP contribution in [0.25, 0.3) is 17.0 Å². The topological polar surface area (TPSA) is 56.0 Å². The normalized spacial score (nSPS) is 12.6. The fraction of sp³-hybridized carbons (Fsp3) is 0.273. The van der Waals surface area contributed by atoms with E-state index in [4.69, 9.17) is 5.10 Å². The Balaban J connectivity index is 1.68. The van der Waals surface area contributed by atoms with Crippen LogP contribution in [0.2, 0.25) is 0 Å². The Kier molecular flexibility index (Phi) is 4.67. The summed E-state index contributed by atoms with van der Waals surface area (Å²) >= 11 is 0. The Morgan fingerprint density at radius 2 is 1.63 bits per heavy atom. The van der Waals surface area contributed by atoms with Gasteiger partial charge in [-0.3, -0.25) is 4.98 Å². The van der Waals surface area contributed by atoms with Gasteiger partial charge in [-0.1, -0.05) is 45.0 Å². The molecule has 136 valence electrons. The van der Waals surface area contributed by atoms with Gasteiger partial charge in [-0.05, 0) is 41.7 Å². The summed E-state index contributed by atoms with van der Waals surface area (Å²) in [5, 5.41) is 4.76. The number of aromatic nitrogens is 5. The zero-order valence-electron chi connectivity index (χ0n) is 15.9. The molecule has 0 aliphatic heterocycles. The minimum atomic E-state index is 0.102. The number of nitrogens with zero attached hydrogens (tertiary/aromatic N) is 5. The van der Waals surface area contributed by atoms with E-state index in [1.165, 1.54) is 11.1 Å². The van der Waals surface area contributed by atoms with E-state index in [2.05, 4.69) is 60.0 Å². The molecule has 4 aromatic rings. The van der Waals surface area contributed by atoms with Gasteiger partial charge >= 0.3 is 0 Å². The van der Waals surface area contributed by atoms with Crippen LogP contribution in [-0.4, -0.2) is 24.6 Å². The Morgan fingerprint density at radius 1 is 0.889 bits per heavy atom. The summed E-state index contributed by atoms with van der Waals surface area (Å²) in [6.07, 6.45) is 6.43. The highest BCUT2D eigenvalue weighted by molar-refractivity contribution is 5.60. The molecule has 0 bridgehead atoms. The first-order valence-electron chi connectivity index (χ1n) is 9.32. The summed E-state index contributed by atoms with van der Waals surface area (Å²) in [4.78, 5) is 13.1. The van der Waals surface area contributed by atoms with E-state index in [0.717, 1.165) is 23.5 Å². The molecule has 0 unspecified atom stereocenters. The van der Waals surface area contributed by atoms with E-state index in [0.29, 0.717) is 11.7 Å². The van der Waals surface area contributed by atoms with Crippen molar-refractivity contribution in [2.75, 3.05) is 0 Å². The monoisotopic (exact) mass is 357 g/mol. The van der Waals surface area contributed by atoms with Crippen LogP contribution in [0.15, 0.2) is 61.1 Å². The average molecular weight is 357 g/mol. The molecule has 0 saturated carbocycles. The highest BCUT2D eigenvalue weighted by Gasteiger charge is 2.17. The molecule has 3 aromatic heterocycles. The van der Waals surface area contributed by atoms with E-state index in [1.54, 1.807) is 18.6 Å². The highest BCUT2D eigenvalue weighted by Crippen LogP contribution is 2.24. The van der Waals surface area contributed by atoms with Crippen molar-refractivity contribution in [3.05, 3.63) is 78.0 Å². The molecular formula is C22H23N5. The largest absolute Gasteiger partial charge is 0.265 e. The van der Waals surface area contributed by atoms with Gasteiger partial charge < -0.3 is 0 Å². The maximum Gasteiger partial charge on any atom is 0.252 e. The SMILES string of the molecule is CC(C)Cc1ccc([C@H](C)c2nc3nccc(-c4ccncc4)n3n2)cc1. The summed E-state index contributed by atoms with van der Waals surface area (Å²) in [6, 6.07) is 14.7. The average Bonchev–Trinajstić information content (AvgIpc) is 3.12. The van der Waals surface area contributed by atoms with E-state index in [-0.39, 0.29) is 5.92 Å². The van der Waals surface area contributed by atoms with Gasteiger partial charge in [0.15, 0.2) is 5.82 Å². The van der Waals surface area contributed by atoms with Gasteiger partial charge in [-0.15, -0.1) is 5.10 Å². The first-order valence-corrected chi connectivity index (χ1v) is 9.32. The van der Waals surface area contributed by atoms with Gasteiger partial charge in [-0.2, -0.15) is 9.50 Å². The van der Waals surface area contributed by atoms with Gasteiger partial charge in [0.1, 0.15) is 0 Å². The molecule has 3 heterocycles. The third-order valence-corrected chi connectivity index (χ3v) is 4.74. The Labute approximate surface area is 159 Å².